The van der Waals surface area contributed by atoms with Gasteiger partial charge in [-0.15, -0.1) is 0 Å². The highest BCUT2D eigenvalue weighted by atomic mass is 19.1. The van der Waals surface area contributed by atoms with Crippen LogP contribution in [0.4, 0.5) is 13.6 Å². The van der Waals surface area contributed by atoms with Gasteiger partial charge in [0.1, 0.15) is 12.3 Å². The van der Waals surface area contributed by atoms with Crippen LogP contribution in [0.2, 0.25) is 0 Å². The van der Waals surface area contributed by atoms with Gasteiger partial charge in [0.05, 0.1) is 30.5 Å². The number of nitrogens with one attached hydrogen (secondary N) is 3. The van der Waals surface area contributed by atoms with Gasteiger partial charge in [0.2, 0.25) is 5.91 Å². The summed E-state index contributed by atoms with van der Waals surface area (Å²) >= 11 is 0. The summed E-state index contributed by atoms with van der Waals surface area (Å²) in [5.74, 6) is -0.586. The second-order valence-corrected chi connectivity index (χ2v) is 15.0. The topological polar surface area (TPSA) is 113 Å². The first kappa shape index (κ1) is 33.6. The van der Waals surface area contributed by atoms with Crippen LogP contribution < -0.4 is 16.0 Å². The number of piperazine rings is 1. The van der Waals surface area contributed by atoms with E-state index < -0.39 is 36.6 Å². The number of piperidine rings is 2. The number of halogens is 2. The van der Waals surface area contributed by atoms with Crippen LogP contribution in [0.3, 0.4) is 0 Å². The standard InChI is InChI=1S/C34H53F2N7O3/c1-19(2)29-31-22(12-14-38-29)8-7-15-46-26-10-5-9-24(35)28(26)30-25(36)16-23-32(40-34(45)43(31)33(23)39-30)42-18-20(3)41(17-21(42)4)27(44)11-6-13-37/h6,11,19-26,28-33,38-39H,5,7-10,12,14-18H2,1-4H3,(H,40,45)/b11-6+/t20-,21?,22?,23?,24?,25?,26?,28?,29?,30?,31?,32?,33?/m1/s1. The number of fused-ring (bicyclic) bond motifs is 5. The Bertz CT molecular complexity index is 1180. The molecule has 12 heteroatoms. The molecule has 0 aromatic rings. The van der Waals surface area contributed by atoms with E-state index in [0.29, 0.717) is 26.1 Å². The molecule has 1 saturated carbocycles. The van der Waals surface area contributed by atoms with Crippen LogP contribution in [0, 0.1) is 35.0 Å². The van der Waals surface area contributed by atoms with E-state index in [2.05, 4.69) is 34.7 Å². The van der Waals surface area contributed by atoms with E-state index in [9.17, 15) is 9.59 Å². The molecule has 6 aliphatic rings. The van der Waals surface area contributed by atoms with Crippen molar-refractivity contribution in [3.8, 4) is 6.07 Å². The van der Waals surface area contributed by atoms with Crippen molar-refractivity contribution in [2.24, 2.45) is 23.7 Å². The van der Waals surface area contributed by atoms with E-state index >= 15 is 8.78 Å². The maximum Gasteiger partial charge on any atom is 0.320 e. The predicted octanol–water partition coefficient (Wildman–Crippen LogP) is 3.30. The first-order valence-corrected chi connectivity index (χ1v) is 17.7. The third-order valence-electron chi connectivity index (χ3n) is 11.9. The Morgan fingerprint density at radius 1 is 1.07 bits per heavy atom. The number of hydrogen-bond acceptors (Lipinski definition) is 7. The molecule has 5 heterocycles. The fraction of sp³-hybridized carbons (Fsp3) is 0.853. The van der Waals surface area contributed by atoms with Gasteiger partial charge in [-0.05, 0) is 77.2 Å². The quantitative estimate of drug-likeness (QED) is 0.319. The van der Waals surface area contributed by atoms with E-state index in [4.69, 9.17) is 10.00 Å². The molecule has 0 aromatic carbocycles. The number of rotatable bonds is 3. The normalized spacial score (nSPS) is 44.0. The molecule has 13 atom stereocenters. The number of amides is 3. The highest BCUT2D eigenvalue weighted by Crippen LogP contribution is 2.43. The van der Waals surface area contributed by atoms with Gasteiger partial charge in [0, 0.05) is 67.9 Å². The molecule has 10 nitrogen and oxygen atoms in total. The average molecular weight is 646 g/mol. The number of nitrogens with zero attached hydrogens (tertiary/aromatic N) is 4. The van der Waals surface area contributed by atoms with E-state index in [-0.39, 0.29) is 66.4 Å². The molecular formula is C34H53F2N7O3. The van der Waals surface area contributed by atoms with Gasteiger partial charge in [-0.25, -0.2) is 13.6 Å². The minimum atomic E-state index is -1.30. The fourth-order valence-electron chi connectivity index (χ4n) is 9.77. The number of hydrogen-bond donors (Lipinski definition) is 3. The molecule has 6 rings (SSSR count). The van der Waals surface area contributed by atoms with Crippen LogP contribution in [-0.4, -0.2) is 114 Å². The third kappa shape index (κ3) is 6.29. The maximum atomic E-state index is 16.6. The summed E-state index contributed by atoms with van der Waals surface area (Å²) in [5, 5.41) is 19.6. The van der Waals surface area contributed by atoms with E-state index in [1.54, 1.807) is 4.90 Å². The Labute approximate surface area is 272 Å². The highest BCUT2D eigenvalue weighted by molar-refractivity contribution is 5.88. The van der Waals surface area contributed by atoms with Crippen molar-refractivity contribution >= 4 is 11.9 Å². The molecule has 5 aliphatic heterocycles. The SMILES string of the molecule is CC(C)C1NCCC2CCCOC3CCCC(F)C3C3NC4C(CC3F)C(N3C[C@@H](C)N(C(=O)/C=C/C#N)CC3C)NC(=O)N4C21. The molecule has 1 aliphatic carbocycles. The Morgan fingerprint density at radius 3 is 2.63 bits per heavy atom. The lowest BCUT2D eigenvalue weighted by Crippen LogP contribution is -2.80. The van der Waals surface area contributed by atoms with Crippen molar-refractivity contribution in [3.05, 3.63) is 12.2 Å². The first-order chi connectivity index (χ1) is 22.1. The molecule has 6 fully saturated rings. The van der Waals surface area contributed by atoms with Gasteiger partial charge in [-0.2, -0.15) is 5.26 Å². The third-order valence-corrected chi connectivity index (χ3v) is 11.9. The van der Waals surface area contributed by atoms with Crippen molar-refractivity contribution in [3.63, 3.8) is 0 Å². The number of allylic oxidation sites excluding steroid dienone is 1. The van der Waals surface area contributed by atoms with Gasteiger partial charge in [-0.1, -0.05) is 13.8 Å². The monoisotopic (exact) mass is 645 g/mol. The minimum Gasteiger partial charge on any atom is -0.378 e. The number of alkyl halides is 2. The van der Waals surface area contributed by atoms with Crippen LogP contribution in [-0.2, 0) is 9.53 Å². The number of urea groups is 1. The summed E-state index contributed by atoms with van der Waals surface area (Å²) in [5.41, 5.74) is 0. The lowest BCUT2D eigenvalue weighted by molar-refractivity contribution is -0.139. The van der Waals surface area contributed by atoms with Crippen molar-refractivity contribution in [2.75, 3.05) is 26.2 Å². The fourth-order valence-corrected chi connectivity index (χ4v) is 9.77. The smallest absolute Gasteiger partial charge is 0.320 e. The predicted molar refractivity (Wildman–Crippen MR) is 170 cm³/mol. The first-order valence-electron chi connectivity index (χ1n) is 17.7. The average Bonchev–Trinajstić information content (AvgIpc) is 3.02. The van der Waals surface area contributed by atoms with E-state index in [0.717, 1.165) is 38.6 Å². The molecule has 46 heavy (non-hydrogen) atoms. The van der Waals surface area contributed by atoms with Crippen LogP contribution >= 0.6 is 0 Å². The largest absolute Gasteiger partial charge is 0.378 e. The Kier molecular flexibility index (Phi) is 10.2. The van der Waals surface area contributed by atoms with Gasteiger partial charge in [0.15, 0.2) is 0 Å². The number of ether oxygens (including phenoxy) is 1. The molecule has 256 valence electrons. The number of carbonyl (C=O) groups is 2. The zero-order valence-electron chi connectivity index (χ0n) is 27.8. The zero-order chi connectivity index (χ0) is 32.7. The molecule has 5 saturated heterocycles. The summed E-state index contributed by atoms with van der Waals surface area (Å²) < 4.78 is 38.8. The Hall–Kier alpha value is -2.33. The Balaban J connectivity index is 1.36. The van der Waals surface area contributed by atoms with Gasteiger partial charge < -0.3 is 25.2 Å². The molecule has 3 amide bonds. The zero-order valence-corrected chi connectivity index (χ0v) is 27.8. The van der Waals surface area contributed by atoms with Gasteiger partial charge >= 0.3 is 6.03 Å². The van der Waals surface area contributed by atoms with Gasteiger partial charge in [-0.3, -0.25) is 15.0 Å². The van der Waals surface area contributed by atoms with Crippen molar-refractivity contribution in [2.45, 2.75) is 134 Å². The van der Waals surface area contributed by atoms with E-state index in [1.165, 1.54) is 12.2 Å². The second-order valence-electron chi connectivity index (χ2n) is 15.0. The highest BCUT2D eigenvalue weighted by Gasteiger charge is 2.57. The molecule has 0 aromatic heterocycles. The lowest BCUT2D eigenvalue weighted by Gasteiger charge is -2.60. The van der Waals surface area contributed by atoms with Crippen LogP contribution in [0.1, 0.15) is 72.6 Å². The number of carbonyl (C=O) groups excluding carboxylic acids is 2. The molecule has 2 bridgehead atoms. The molecule has 3 N–H and O–H groups in total. The van der Waals surface area contributed by atoms with Crippen molar-refractivity contribution in [1.29, 1.82) is 5.26 Å². The summed E-state index contributed by atoms with van der Waals surface area (Å²) in [6, 6.07) is 0.642. The molecule has 0 spiro atoms. The maximum absolute atomic E-state index is 16.6. The Morgan fingerprint density at radius 2 is 1.87 bits per heavy atom. The summed E-state index contributed by atoms with van der Waals surface area (Å²) in [4.78, 5) is 33.3. The number of nitriles is 1. The minimum absolute atomic E-state index is 0.0697. The molecule has 12 unspecified atom stereocenters. The van der Waals surface area contributed by atoms with Crippen molar-refractivity contribution < 1.29 is 23.1 Å². The van der Waals surface area contributed by atoms with Crippen LogP contribution in [0.25, 0.3) is 0 Å². The summed E-state index contributed by atoms with van der Waals surface area (Å²) in [7, 11) is 0. The lowest BCUT2D eigenvalue weighted by atomic mass is 9.72. The van der Waals surface area contributed by atoms with Gasteiger partial charge in [0.25, 0.3) is 0 Å². The molecule has 0 radical (unpaired) electrons. The van der Waals surface area contributed by atoms with E-state index in [1.807, 2.05) is 24.8 Å². The molecular weight excluding hydrogens is 592 g/mol. The van der Waals surface area contributed by atoms with Crippen molar-refractivity contribution in [1.82, 2.24) is 30.7 Å². The van der Waals surface area contributed by atoms with Crippen LogP contribution in [0.5, 0.6) is 0 Å². The van der Waals surface area contributed by atoms with Crippen LogP contribution in [0.15, 0.2) is 12.2 Å². The summed E-state index contributed by atoms with van der Waals surface area (Å²) in [6.07, 6.45) is 3.50. The summed E-state index contributed by atoms with van der Waals surface area (Å²) in [6.45, 7) is 10.7. The second kappa shape index (κ2) is 14.0.